The average molecular weight is 608 g/mol. The maximum Gasteiger partial charge on any atom is 0.252 e. The molecular weight excluding hydrogens is 554 g/mol. The number of piperidine rings is 1. The number of aromatic nitrogens is 2. The fraction of sp³-hybridized carbons (Fsp3) is 0.629. The minimum absolute atomic E-state index is 0.0963. The van der Waals surface area contributed by atoms with E-state index in [-0.39, 0.29) is 17.7 Å². The van der Waals surface area contributed by atoms with Crippen molar-refractivity contribution in [2.75, 3.05) is 26.2 Å². The number of carbonyl (C=O) groups is 2. The molecule has 1 saturated heterocycles. The predicted molar refractivity (Wildman–Crippen MR) is 179 cm³/mol. The maximum absolute atomic E-state index is 13.5. The lowest BCUT2D eigenvalue weighted by Crippen LogP contribution is -2.48. The van der Waals surface area contributed by atoms with Crippen LogP contribution in [0.5, 0.6) is 0 Å². The minimum Gasteiger partial charge on any atom is -0.354 e. The first-order valence-electron chi connectivity index (χ1n) is 16.7. The number of carbonyl (C=O) groups excluding carboxylic acids is 2. The molecule has 1 aliphatic heterocycles. The van der Waals surface area contributed by atoms with E-state index in [1.165, 1.54) is 43.6 Å². The third-order valence-corrected chi connectivity index (χ3v) is 9.80. The zero-order chi connectivity index (χ0) is 30.8. The van der Waals surface area contributed by atoms with E-state index in [2.05, 4.69) is 72.2 Å². The van der Waals surface area contributed by atoms with Gasteiger partial charge in [0, 0.05) is 29.4 Å². The van der Waals surface area contributed by atoms with Crippen molar-refractivity contribution < 1.29 is 9.59 Å². The molecular formula is C35H53N5O2S. The molecule has 0 radical (unpaired) electrons. The van der Waals surface area contributed by atoms with Gasteiger partial charge in [0.1, 0.15) is 11.9 Å². The van der Waals surface area contributed by atoms with Gasteiger partial charge in [-0.2, -0.15) is 0 Å². The summed E-state index contributed by atoms with van der Waals surface area (Å²) < 4.78 is 2.36. The van der Waals surface area contributed by atoms with Gasteiger partial charge in [-0.3, -0.25) is 9.59 Å². The Morgan fingerprint density at radius 1 is 1.09 bits per heavy atom. The van der Waals surface area contributed by atoms with E-state index < -0.39 is 6.04 Å². The molecule has 1 fully saturated rings. The lowest BCUT2D eigenvalue weighted by molar-refractivity contribution is -0.123. The number of thiophene rings is 1. The molecule has 1 aliphatic rings. The summed E-state index contributed by atoms with van der Waals surface area (Å²) in [5.74, 6) is 1.87. The van der Waals surface area contributed by atoms with Crippen molar-refractivity contribution in [1.29, 1.82) is 0 Å². The van der Waals surface area contributed by atoms with Crippen LogP contribution in [-0.4, -0.2) is 58.5 Å². The van der Waals surface area contributed by atoms with Crippen LogP contribution in [0.15, 0.2) is 35.7 Å². The van der Waals surface area contributed by atoms with Crippen molar-refractivity contribution in [3.63, 3.8) is 0 Å². The number of imidazole rings is 1. The number of hydrogen-bond donors (Lipinski definition) is 2. The summed E-state index contributed by atoms with van der Waals surface area (Å²) in [6.07, 6.45) is 9.55. The van der Waals surface area contributed by atoms with Crippen molar-refractivity contribution in [1.82, 2.24) is 25.1 Å². The molecule has 236 valence electrons. The third-order valence-electron chi connectivity index (χ3n) is 8.93. The summed E-state index contributed by atoms with van der Waals surface area (Å²) in [7, 11) is 0. The smallest absolute Gasteiger partial charge is 0.252 e. The topological polar surface area (TPSA) is 79.3 Å². The standard InChI is InChI=1S/C35H53N5O2S/c1-6-11-26-15-19-39(20-16-26)18-10-17-36-35(42)31(22-25(4)5)38-34(41)27-13-14-32-30(23-27)37-33(24-29-12-9-21-43-29)40(32)28(7-2)8-3/h9,12-14,21,23,25-26,28,31H,6-8,10-11,15-20,22,24H2,1-5H3,(H,36,42)(H,38,41)/t31-/m0/s1. The van der Waals surface area contributed by atoms with Crippen LogP contribution in [0.4, 0.5) is 0 Å². The van der Waals surface area contributed by atoms with Crippen LogP contribution in [0.25, 0.3) is 11.0 Å². The Hall–Kier alpha value is -2.71. The van der Waals surface area contributed by atoms with Gasteiger partial charge in [-0.25, -0.2) is 4.98 Å². The van der Waals surface area contributed by atoms with Gasteiger partial charge in [0.2, 0.25) is 5.91 Å². The summed E-state index contributed by atoms with van der Waals surface area (Å²) in [4.78, 5) is 35.5. The van der Waals surface area contributed by atoms with E-state index in [4.69, 9.17) is 4.98 Å². The van der Waals surface area contributed by atoms with Crippen molar-refractivity contribution in [2.24, 2.45) is 11.8 Å². The van der Waals surface area contributed by atoms with Crippen LogP contribution in [0, 0.1) is 11.8 Å². The largest absolute Gasteiger partial charge is 0.354 e. The van der Waals surface area contributed by atoms with Gasteiger partial charge in [-0.1, -0.05) is 53.5 Å². The highest BCUT2D eigenvalue weighted by atomic mass is 32.1. The summed E-state index contributed by atoms with van der Waals surface area (Å²) in [6, 6.07) is 9.80. The number of fused-ring (bicyclic) bond motifs is 1. The zero-order valence-corrected chi connectivity index (χ0v) is 27.8. The highest BCUT2D eigenvalue weighted by Crippen LogP contribution is 2.28. The molecule has 8 heteroatoms. The molecule has 1 atom stereocenters. The highest BCUT2D eigenvalue weighted by molar-refractivity contribution is 7.09. The van der Waals surface area contributed by atoms with Crippen LogP contribution >= 0.6 is 11.3 Å². The fourth-order valence-electron chi connectivity index (χ4n) is 6.53. The third kappa shape index (κ3) is 9.15. The van der Waals surface area contributed by atoms with Crippen molar-refractivity contribution in [3.05, 3.63) is 52.0 Å². The van der Waals surface area contributed by atoms with Crippen LogP contribution in [0.1, 0.15) is 113 Å². The van der Waals surface area contributed by atoms with E-state index in [0.717, 1.165) is 55.0 Å². The van der Waals surface area contributed by atoms with Crippen LogP contribution in [0.2, 0.25) is 0 Å². The lowest BCUT2D eigenvalue weighted by Gasteiger charge is -2.31. The Balaban J connectivity index is 1.39. The SMILES string of the molecule is CCCC1CCN(CCCNC(=O)[C@H](CC(C)C)NC(=O)c2ccc3c(c2)nc(Cc2cccs2)n3C(CC)CC)CC1. The normalized spacial score (nSPS) is 15.4. The van der Waals surface area contributed by atoms with E-state index in [0.29, 0.717) is 24.6 Å². The number of nitrogens with zero attached hydrogens (tertiary/aromatic N) is 3. The van der Waals surface area contributed by atoms with Crippen molar-refractivity contribution in [3.8, 4) is 0 Å². The van der Waals surface area contributed by atoms with Gasteiger partial charge in [0.25, 0.3) is 5.91 Å². The highest BCUT2D eigenvalue weighted by Gasteiger charge is 2.24. The van der Waals surface area contributed by atoms with Crippen molar-refractivity contribution in [2.45, 2.75) is 104 Å². The molecule has 7 nitrogen and oxygen atoms in total. The molecule has 2 amide bonds. The minimum atomic E-state index is -0.565. The van der Waals surface area contributed by atoms with Gasteiger partial charge in [0.15, 0.2) is 0 Å². The lowest BCUT2D eigenvalue weighted by atomic mass is 9.92. The molecule has 43 heavy (non-hydrogen) atoms. The summed E-state index contributed by atoms with van der Waals surface area (Å²) >= 11 is 1.74. The Morgan fingerprint density at radius 2 is 1.86 bits per heavy atom. The number of nitrogens with one attached hydrogen (secondary N) is 2. The molecule has 3 heterocycles. The Morgan fingerprint density at radius 3 is 2.51 bits per heavy atom. The van der Waals surface area contributed by atoms with E-state index >= 15 is 0 Å². The van der Waals surface area contributed by atoms with Crippen LogP contribution in [0.3, 0.4) is 0 Å². The first kappa shape index (κ1) is 33.2. The molecule has 2 aromatic heterocycles. The number of rotatable bonds is 16. The summed E-state index contributed by atoms with van der Waals surface area (Å²) in [5.41, 5.74) is 2.43. The molecule has 4 rings (SSSR count). The second-order valence-corrected chi connectivity index (χ2v) is 13.7. The van der Waals surface area contributed by atoms with Crippen molar-refractivity contribution >= 4 is 34.2 Å². The van der Waals surface area contributed by atoms with E-state index in [9.17, 15) is 9.59 Å². The van der Waals surface area contributed by atoms with Crippen LogP contribution < -0.4 is 10.6 Å². The average Bonchev–Trinajstić information content (AvgIpc) is 3.64. The predicted octanol–water partition coefficient (Wildman–Crippen LogP) is 7.21. The Kier molecular flexibility index (Phi) is 12.6. The Bertz CT molecular complexity index is 1290. The molecule has 2 N–H and O–H groups in total. The van der Waals surface area contributed by atoms with Gasteiger partial charge in [0.05, 0.1) is 11.0 Å². The Labute approximate surface area is 262 Å². The van der Waals surface area contributed by atoms with E-state index in [1.54, 1.807) is 11.3 Å². The van der Waals surface area contributed by atoms with Crippen LogP contribution in [-0.2, 0) is 11.2 Å². The number of benzene rings is 1. The quantitative estimate of drug-likeness (QED) is 0.169. The molecule has 3 aromatic rings. The summed E-state index contributed by atoms with van der Waals surface area (Å²) in [6.45, 7) is 14.8. The fourth-order valence-corrected chi connectivity index (χ4v) is 7.24. The first-order valence-corrected chi connectivity index (χ1v) is 17.5. The molecule has 0 bridgehead atoms. The van der Waals surface area contributed by atoms with Gasteiger partial charge < -0.3 is 20.1 Å². The van der Waals surface area contributed by atoms with Gasteiger partial charge in [-0.15, -0.1) is 11.3 Å². The molecule has 1 aromatic carbocycles. The zero-order valence-electron chi connectivity index (χ0n) is 27.0. The van der Waals surface area contributed by atoms with Gasteiger partial charge in [-0.05, 0) is 99.6 Å². The second kappa shape index (κ2) is 16.4. The number of hydrogen-bond acceptors (Lipinski definition) is 5. The number of amides is 2. The maximum atomic E-state index is 13.5. The molecule has 0 aliphatic carbocycles. The van der Waals surface area contributed by atoms with Gasteiger partial charge >= 0.3 is 0 Å². The molecule has 0 saturated carbocycles. The monoisotopic (exact) mass is 607 g/mol. The molecule has 0 unspecified atom stereocenters. The van der Waals surface area contributed by atoms with E-state index in [1.807, 2.05) is 18.2 Å². The second-order valence-electron chi connectivity index (χ2n) is 12.7. The molecule has 0 spiro atoms. The first-order chi connectivity index (χ1) is 20.8. The number of likely N-dealkylation sites (tertiary alicyclic amines) is 1. The summed E-state index contributed by atoms with van der Waals surface area (Å²) in [5, 5.41) is 8.25.